The Kier molecular flexibility index (Phi) is 34.0. The zero-order valence-electron chi connectivity index (χ0n) is 11.8. The van der Waals surface area contributed by atoms with Gasteiger partial charge in [-0.1, -0.05) is 0 Å². The number of nitrogens with zero attached hydrogens (tertiary/aromatic N) is 3. The Hall–Kier alpha value is -3.09. The fourth-order valence-electron chi connectivity index (χ4n) is 0.0577. The van der Waals surface area contributed by atoms with E-state index in [2.05, 4.69) is 0 Å². The first-order valence-corrected chi connectivity index (χ1v) is 4.95. The van der Waals surface area contributed by atoms with E-state index < -0.39 is 33.4 Å². The number of aliphatic hydroxyl groups is 4. The van der Waals surface area contributed by atoms with Gasteiger partial charge in [-0.2, -0.15) is 0 Å². The molecular formula is C6H17N3O15. The Morgan fingerprint density at radius 3 is 1.00 bits per heavy atom. The second-order valence-electron chi connectivity index (χ2n) is 2.75. The van der Waals surface area contributed by atoms with Crippen molar-refractivity contribution in [3.8, 4) is 0 Å². The van der Waals surface area contributed by atoms with E-state index in [1.807, 2.05) is 0 Å². The molecule has 0 saturated heterocycles. The Morgan fingerprint density at radius 1 is 0.875 bits per heavy atom. The molecular weight excluding hydrogens is 354 g/mol. The highest BCUT2D eigenvalue weighted by Crippen LogP contribution is 1.73. The lowest BCUT2D eigenvalue weighted by Crippen LogP contribution is -2.15. The second kappa shape index (κ2) is 24.9. The Morgan fingerprint density at radius 2 is 1.00 bits per heavy atom. The van der Waals surface area contributed by atoms with Gasteiger partial charge in [-0.05, 0) is 6.92 Å². The van der Waals surface area contributed by atoms with Crippen LogP contribution in [0, 0.1) is 30.3 Å². The van der Waals surface area contributed by atoms with Gasteiger partial charge in [0.15, 0.2) is 0 Å². The highest BCUT2D eigenvalue weighted by atomic mass is 16.9. The maximum absolute atomic E-state index is 9.45. The first-order valence-electron chi connectivity index (χ1n) is 4.95. The number of hydrogen-bond donors (Lipinski definition) is 8. The number of carbonyl (C=O) groups is 1. The summed E-state index contributed by atoms with van der Waals surface area (Å²) in [5, 5.41) is 80.7. The number of aliphatic hydroxyl groups excluding tert-OH is 4. The van der Waals surface area contributed by atoms with E-state index in [-0.39, 0.29) is 13.2 Å². The molecule has 18 heteroatoms. The molecule has 0 fully saturated rings. The molecule has 18 nitrogen and oxygen atoms in total. The normalized spacial score (nSPS) is 8.92. The smallest absolute Gasteiger partial charge is 0.332 e. The highest BCUT2D eigenvalue weighted by Gasteiger charge is 2.01. The average Bonchev–Trinajstić information content (AvgIpc) is 2.36. The summed E-state index contributed by atoms with van der Waals surface area (Å²) in [5.74, 6) is -1.19. The Bertz CT molecular complexity index is 289. The molecule has 0 aromatic heterocycles. The van der Waals surface area contributed by atoms with Crippen LogP contribution in [-0.4, -0.2) is 87.8 Å². The van der Waals surface area contributed by atoms with Crippen LogP contribution < -0.4 is 0 Å². The molecule has 0 spiro atoms. The standard InChI is InChI=1S/C3H8O3.C3H6O3.3HNO3/c4-1-3(6)2-5;1-2(4)3(5)6;3*2-1(3)4/h3-6H,1-2H2;2,4H,1H3,(H,5,6);3*(H,2,3,4). The van der Waals surface area contributed by atoms with Crippen molar-refractivity contribution < 1.29 is 61.2 Å². The lowest BCUT2D eigenvalue weighted by atomic mass is 10.4. The van der Waals surface area contributed by atoms with Gasteiger partial charge >= 0.3 is 5.97 Å². The van der Waals surface area contributed by atoms with Crippen molar-refractivity contribution in [2.45, 2.75) is 19.1 Å². The summed E-state index contributed by atoms with van der Waals surface area (Å²) in [6.45, 7) is 0.468. The topological polar surface area (TPSA) is 308 Å². The van der Waals surface area contributed by atoms with E-state index in [4.69, 9.17) is 71.5 Å². The summed E-state index contributed by atoms with van der Waals surface area (Å²) in [7, 11) is 0. The molecule has 1 atom stereocenters. The van der Waals surface area contributed by atoms with Crippen molar-refractivity contribution in [3.63, 3.8) is 0 Å². The number of carboxylic acid groups (broad SMARTS) is 1. The molecule has 0 saturated carbocycles. The van der Waals surface area contributed by atoms with Crippen LogP contribution >= 0.6 is 0 Å². The third kappa shape index (κ3) is 252. The van der Waals surface area contributed by atoms with E-state index in [1.165, 1.54) is 6.92 Å². The van der Waals surface area contributed by atoms with Crippen molar-refractivity contribution >= 4 is 5.97 Å². The van der Waals surface area contributed by atoms with E-state index in [0.29, 0.717) is 0 Å². The highest BCUT2D eigenvalue weighted by molar-refractivity contribution is 5.71. The van der Waals surface area contributed by atoms with Crippen LogP contribution in [0.5, 0.6) is 0 Å². The first-order chi connectivity index (χ1) is 10.6. The maximum atomic E-state index is 9.45. The molecule has 0 rings (SSSR count). The third-order valence-corrected chi connectivity index (χ3v) is 0.779. The van der Waals surface area contributed by atoms with Gasteiger partial charge in [0.2, 0.25) is 0 Å². The van der Waals surface area contributed by atoms with Crippen molar-refractivity contribution in [1.29, 1.82) is 0 Å². The predicted octanol–water partition coefficient (Wildman–Crippen LogP) is -3.26. The minimum absolute atomic E-state index is 0.365. The van der Waals surface area contributed by atoms with Crippen LogP contribution in [-0.2, 0) is 4.79 Å². The van der Waals surface area contributed by atoms with Gasteiger partial charge in [0.05, 0.1) is 13.2 Å². The molecule has 0 aromatic carbocycles. The largest absolute Gasteiger partial charge is 0.479 e. The molecule has 1 unspecified atom stereocenters. The molecule has 0 radical (unpaired) electrons. The average molecular weight is 371 g/mol. The number of aliphatic carboxylic acids is 1. The van der Waals surface area contributed by atoms with Gasteiger partial charge in [-0.15, -0.1) is 30.3 Å². The molecule has 0 amide bonds. The zero-order chi connectivity index (χ0) is 20.9. The van der Waals surface area contributed by atoms with Crippen LogP contribution in [0.3, 0.4) is 0 Å². The molecule has 0 aliphatic rings. The van der Waals surface area contributed by atoms with Gasteiger partial charge < -0.3 is 41.2 Å². The summed E-state index contributed by atoms with van der Waals surface area (Å²) in [6, 6.07) is 0. The van der Waals surface area contributed by atoms with E-state index in [1.54, 1.807) is 0 Å². The second-order valence-corrected chi connectivity index (χ2v) is 2.75. The molecule has 0 aromatic rings. The molecule has 0 bridgehead atoms. The summed E-state index contributed by atoms with van der Waals surface area (Å²) >= 11 is 0. The van der Waals surface area contributed by atoms with E-state index in [0.717, 1.165) is 0 Å². The summed E-state index contributed by atoms with van der Waals surface area (Å²) in [4.78, 5) is 34.5. The Balaban J connectivity index is -0.0000000637. The van der Waals surface area contributed by atoms with Crippen LogP contribution in [0.25, 0.3) is 0 Å². The molecule has 24 heavy (non-hydrogen) atoms. The Labute approximate surface area is 131 Å². The SMILES string of the molecule is CC(O)C(=O)O.O=[N+]([O-])O.O=[N+]([O-])O.O=[N+]([O-])O.OCC(O)CO. The third-order valence-electron chi connectivity index (χ3n) is 0.779. The molecule has 0 aliphatic carbocycles. The van der Waals surface area contributed by atoms with Crippen molar-refractivity contribution in [2.75, 3.05) is 13.2 Å². The first kappa shape index (κ1) is 32.7. The van der Waals surface area contributed by atoms with Crippen molar-refractivity contribution in [1.82, 2.24) is 0 Å². The maximum Gasteiger partial charge on any atom is 0.332 e. The van der Waals surface area contributed by atoms with Crippen LogP contribution in [0.15, 0.2) is 0 Å². The lowest BCUT2D eigenvalue weighted by molar-refractivity contribution is -0.742. The number of hydrogen-bond acceptors (Lipinski definition) is 11. The minimum atomic E-state index is -1.50. The van der Waals surface area contributed by atoms with Crippen molar-refractivity contribution in [3.05, 3.63) is 30.3 Å². The van der Waals surface area contributed by atoms with Crippen LogP contribution in [0.4, 0.5) is 0 Å². The van der Waals surface area contributed by atoms with Crippen molar-refractivity contribution in [2.24, 2.45) is 0 Å². The van der Waals surface area contributed by atoms with E-state index in [9.17, 15) is 4.79 Å². The zero-order valence-corrected chi connectivity index (χ0v) is 11.8. The summed E-state index contributed by atoms with van der Waals surface area (Å²) < 4.78 is 0. The lowest BCUT2D eigenvalue weighted by Gasteiger charge is -1.96. The monoisotopic (exact) mass is 371 g/mol. The predicted molar refractivity (Wildman–Crippen MR) is 65.8 cm³/mol. The molecule has 8 N–H and O–H groups in total. The fourth-order valence-corrected chi connectivity index (χ4v) is 0.0577. The molecule has 0 aliphatic heterocycles. The quantitative estimate of drug-likeness (QED) is 0.178. The van der Waals surface area contributed by atoms with Gasteiger partial charge in [-0.25, -0.2) is 4.79 Å². The number of rotatable bonds is 3. The van der Waals surface area contributed by atoms with Gasteiger partial charge in [0, 0.05) is 0 Å². The molecule has 0 heterocycles. The number of carboxylic acids is 1. The van der Waals surface area contributed by atoms with Gasteiger partial charge in [-0.3, -0.25) is 0 Å². The van der Waals surface area contributed by atoms with Crippen LogP contribution in [0.1, 0.15) is 6.92 Å². The fraction of sp³-hybridized carbons (Fsp3) is 0.833. The van der Waals surface area contributed by atoms with Gasteiger partial charge in [0.25, 0.3) is 15.3 Å². The summed E-state index contributed by atoms with van der Waals surface area (Å²) in [5.41, 5.74) is 0. The minimum Gasteiger partial charge on any atom is -0.479 e. The molecule has 146 valence electrons. The van der Waals surface area contributed by atoms with Crippen LogP contribution in [0.2, 0.25) is 0 Å². The van der Waals surface area contributed by atoms with E-state index >= 15 is 0 Å². The van der Waals surface area contributed by atoms with Gasteiger partial charge in [0.1, 0.15) is 12.2 Å². The summed E-state index contributed by atoms with van der Waals surface area (Å²) in [6.07, 6.45) is -2.19.